The van der Waals surface area contributed by atoms with Crippen LogP contribution in [0.4, 0.5) is 6.01 Å². The van der Waals surface area contributed by atoms with E-state index < -0.39 is 0 Å². The zero-order chi connectivity index (χ0) is 12.8. The number of hydrogen-bond donors (Lipinski definition) is 2. The van der Waals surface area contributed by atoms with Crippen molar-refractivity contribution in [1.82, 2.24) is 20.5 Å². The quantitative estimate of drug-likeness (QED) is 0.805. The molecule has 0 aliphatic rings. The van der Waals surface area contributed by atoms with Gasteiger partial charge in [0.15, 0.2) is 0 Å². The highest BCUT2D eigenvalue weighted by Crippen LogP contribution is 2.10. The molecule has 0 amide bonds. The third kappa shape index (κ3) is 3.27. The fraction of sp³-hybridized carbons (Fsp3) is 0.417. The monoisotopic (exact) mass is 247 g/mol. The Labute approximate surface area is 106 Å². The number of nitrogens with one attached hydrogen (secondary N) is 2. The molecule has 0 aliphatic carbocycles. The molecule has 96 valence electrons. The van der Waals surface area contributed by atoms with Gasteiger partial charge in [0.25, 0.3) is 0 Å². The lowest BCUT2D eigenvalue weighted by Gasteiger charge is -2.04. The van der Waals surface area contributed by atoms with Crippen molar-refractivity contribution in [2.45, 2.75) is 26.9 Å². The number of anilines is 1. The van der Waals surface area contributed by atoms with Crippen molar-refractivity contribution < 1.29 is 4.42 Å². The van der Waals surface area contributed by atoms with Crippen LogP contribution in [0.3, 0.4) is 0 Å². The molecular weight excluding hydrogens is 230 g/mol. The SMILES string of the molecule is CCNCc1nnc(NCc2ccncc2C)o1. The molecule has 6 heteroatoms. The molecule has 0 spiro atoms. The summed E-state index contributed by atoms with van der Waals surface area (Å²) in [5.74, 6) is 0.589. The lowest BCUT2D eigenvalue weighted by atomic mass is 10.2. The minimum atomic E-state index is 0.444. The van der Waals surface area contributed by atoms with Crippen LogP contribution in [0.1, 0.15) is 23.9 Å². The standard InChI is InChI=1S/C12H17N5O/c1-3-13-8-11-16-17-12(18-11)15-7-10-4-5-14-6-9(10)2/h4-6,13H,3,7-8H2,1-2H3,(H,15,17). The van der Waals surface area contributed by atoms with Gasteiger partial charge in [-0.25, -0.2) is 0 Å². The smallest absolute Gasteiger partial charge is 0.315 e. The molecule has 2 heterocycles. The van der Waals surface area contributed by atoms with Gasteiger partial charge in [-0.05, 0) is 30.7 Å². The topological polar surface area (TPSA) is 75.9 Å². The van der Waals surface area contributed by atoms with Gasteiger partial charge in [0.1, 0.15) is 0 Å². The minimum absolute atomic E-state index is 0.444. The van der Waals surface area contributed by atoms with Crippen LogP contribution in [0.2, 0.25) is 0 Å². The summed E-state index contributed by atoms with van der Waals surface area (Å²) in [5, 5.41) is 14.1. The highest BCUT2D eigenvalue weighted by molar-refractivity contribution is 5.27. The maximum Gasteiger partial charge on any atom is 0.315 e. The Hall–Kier alpha value is -1.95. The van der Waals surface area contributed by atoms with Crippen LogP contribution in [-0.2, 0) is 13.1 Å². The van der Waals surface area contributed by atoms with Crippen LogP contribution in [0, 0.1) is 6.92 Å². The molecule has 0 fully saturated rings. The van der Waals surface area contributed by atoms with E-state index in [4.69, 9.17) is 4.42 Å². The third-order valence-electron chi connectivity index (χ3n) is 2.56. The highest BCUT2D eigenvalue weighted by Gasteiger charge is 2.05. The Morgan fingerprint density at radius 1 is 1.28 bits per heavy atom. The average molecular weight is 247 g/mol. The van der Waals surface area contributed by atoms with E-state index in [1.54, 1.807) is 6.20 Å². The summed E-state index contributed by atoms with van der Waals surface area (Å²) in [7, 11) is 0. The number of nitrogens with zero attached hydrogens (tertiary/aromatic N) is 3. The number of hydrogen-bond acceptors (Lipinski definition) is 6. The zero-order valence-corrected chi connectivity index (χ0v) is 10.6. The summed E-state index contributed by atoms with van der Waals surface area (Å²) in [6.45, 7) is 6.17. The first-order valence-electron chi connectivity index (χ1n) is 5.96. The fourth-order valence-electron chi connectivity index (χ4n) is 1.50. The Bertz CT molecular complexity index is 497. The van der Waals surface area contributed by atoms with Crippen molar-refractivity contribution in [3.63, 3.8) is 0 Å². The molecule has 2 aromatic heterocycles. The summed E-state index contributed by atoms with van der Waals surface area (Å²) in [4.78, 5) is 4.05. The van der Waals surface area contributed by atoms with Gasteiger partial charge in [-0.1, -0.05) is 12.0 Å². The van der Waals surface area contributed by atoms with Crippen LogP contribution < -0.4 is 10.6 Å². The Balaban J connectivity index is 1.90. The molecular formula is C12H17N5O. The molecule has 0 bridgehead atoms. The van der Waals surface area contributed by atoms with E-state index in [2.05, 4.69) is 25.8 Å². The van der Waals surface area contributed by atoms with Gasteiger partial charge in [0.05, 0.1) is 6.54 Å². The first-order chi connectivity index (χ1) is 8.79. The molecule has 0 unspecified atom stereocenters. The molecule has 0 radical (unpaired) electrons. The van der Waals surface area contributed by atoms with Gasteiger partial charge in [-0.15, -0.1) is 5.10 Å². The third-order valence-corrected chi connectivity index (χ3v) is 2.56. The second kappa shape index (κ2) is 6.11. The van der Waals surface area contributed by atoms with Gasteiger partial charge in [-0.2, -0.15) is 0 Å². The molecule has 0 aliphatic heterocycles. The highest BCUT2D eigenvalue weighted by atomic mass is 16.4. The number of aryl methyl sites for hydroxylation is 1. The molecule has 2 aromatic rings. The van der Waals surface area contributed by atoms with Crippen molar-refractivity contribution in [1.29, 1.82) is 0 Å². The molecule has 0 aromatic carbocycles. The van der Waals surface area contributed by atoms with Gasteiger partial charge < -0.3 is 15.1 Å². The van der Waals surface area contributed by atoms with Crippen molar-refractivity contribution in [3.05, 3.63) is 35.5 Å². The molecule has 6 nitrogen and oxygen atoms in total. The summed E-state index contributed by atoms with van der Waals surface area (Å²) >= 11 is 0. The van der Waals surface area contributed by atoms with E-state index in [9.17, 15) is 0 Å². The maximum atomic E-state index is 5.44. The van der Waals surface area contributed by atoms with E-state index in [0.29, 0.717) is 25.0 Å². The van der Waals surface area contributed by atoms with Gasteiger partial charge in [0.2, 0.25) is 5.89 Å². The number of rotatable bonds is 6. The zero-order valence-electron chi connectivity index (χ0n) is 10.6. The van der Waals surface area contributed by atoms with Crippen LogP contribution in [0.5, 0.6) is 0 Å². The van der Waals surface area contributed by atoms with Gasteiger partial charge in [0, 0.05) is 18.9 Å². The lowest BCUT2D eigenvalue weighted by molar-refractivity contribution is 0.481. The van der Waals surface area contributed by atoms with Crippen LogP contribution in [-0.4, -0.2) is 21.7 Å². The Morgan fingerprint density at radius 2 is 2.17 bits per heavy atom. The molecule has 2 rings (SSSR count). The van der Waals surface area contributed by atoms with Crippen LogP contribution >= 0.6 is 0 Å². The van der Waals surface area contributed by atoms with Gasteiger partial charge in [-0.3, -0.25) is 4.98 Å². The predicted molar refractivity (Wildman–Crippen MR) is 68.0 cm³/mol. The molecule has 0 saturated heterocycles. The Morgan fingerprint density at radius 3 is 2.94 bits per heavy atom. The van der Waals surface area contributed by atoms with E-state index in [0.717, 1.165) is 17.7 Å². The summed E-state index contributed by atoms with van der Waals surface area (Å²) in [6.07, 6.45) is 3.61. The van der Waals surface area contributed by atoms with Crippen molar-refractivity contribution in [2.24, 2.45) is 0 Å². The first kappa shape index (κ1) is 12.5. The number of aromatic nitrogens is 3. The van der Waals surface area contributed by atoms with Crippen LogP contribution in [0.15, 0.2) is 22.9 Å². The van der Waals surface area contributed by atoms with Crippen molar-refractivity contribution in [2.75, 3.05) is 11.9 Å². The maximum absolute atomic E-state index is 5.44. The summed E-state index contributed by atoms with van der Waals surface area (Å²) in [5.41, 5.74) is 2.30. The molecule has 2 N–H and O–H groups in total. The van der Waals surface area contributed by atoms with E-state index >= 15 is 0 Å². The molecule has 18 heavy (non-hydrogen) atoms. The van der Waals surface area contributed by atoms with E-state index in [1.807, 2.05) is 26.1 Å². The summed E-state index contributed by atoms with van der Waals surface area (Å²) in [6, 6.07) is 2.41. The van der Waals surface area contributed by atoms with Crippen molar-refractivity contribution >= 4 is 6.01 Å². The largest absolute Gasteiger partial charge is 0.407 e. The average Bonchev–Trinajstić information content (AvgIpc) is 2.83. The second-order valence-corrected chi connectivity index (χ2v) is 3.94. The predicted octanol–water partition coefficient (Wildman–Crippen LogP) is 1.49. The van der Waals surface area contributed by atoms with E-state index in [1.165, 1.54) is 0 Å². The van der Waals surface area contributed by atoms with Crippen LogP contribution in [0.25, 0.3) is 0 Å². The fourth-order valence-corrected chi connectivity index (χ4v) is 1.50. The van der Waals surface area contributed by atoms with E-state index in [-0.39, 0.29) is 0 Å². The second-order valence-electron chi connectivity index (χ2n) is 3.94. The van der Waals surface area contributed by atoms with Gasteiger partial charge >= 0.3 is 6.01 Å². The first-order valence-corrected chi connectivity index (χ1v) is 5.96. The normalized spacial score (nSPS) is 10.6. The Kier molecular flexibility index (Phi) is 4.25. The summed E-state index contributed by atoms with van der Waals surface area (Å²) < 4.78 is 5.44. The molecule has 0 saturated carbocycles. The lowest BCUT2D eigenvalue weighted by Crippen LogP contribution is -2.11. The van der Waals surface area contributed by atoms with Crippen molar-refractivity contribution in [3.8, 4) is 0 Å². The number of pyridine rings is 1. The molecule has 0 atom stereocenters. The minimum Gasteiger partial charge on any atom is -0.407 e.